The van der Waals surface area contributed by atoms with Crippen LogP contribution in [0, 0.1) is 0 Å². The van der Waals surface area contributed by atoms with Crippen molar-refractivity contribution in [2.75, 3.05) is 25.8 Å². The summed E-state index contributed by atoms with van der Waals surface area (Å²) >= 11 is 3.87. The Labute approximate surface area is 264 Å². The van der Waals surface area contributed by atoms with Crippen molar-refractivity contribution in [1.29, 1.82) is 0 Å². The van der Waals surface area contributed by atoms with E-state index in [1.54, 1.807) is 7.11 Å². The Bertz CT molecular complexity index is 1550. The molecule has 1 aliphatic rings. The monoisotopic (exact) mass is 663 g/mol. The Morgan fingerprint density at radius 1 is 0.930 bits per heavy atom. The van der Waals surface area contributed by atoms with Gasteiger partial charge in [-0.1, -0.05) is 79.2 Å². The third-order valence-corrected chi connectivity index (χ3v) is 13.7. The molecule has 1 unspecified atom stereocenters. The third kappa shape index (κ3) is 7.31. The first-order valence-corrected chi connectivity index (χ1v) is 18.5. The zero-order chi connectivity index (χ0) is 30.6. The maximum Gasteiger partial charge on any atom is 0.231 e. The molecular formula is C35H42BrNO5Si. The Morgan fingerprint density at radius 3 is 2.40 bits per heavy atom. The molecule has 0 aromatic heterocycles. The summed E-state index contributed by atoms with van der Waals surface area (Å²) in [7, 11) is -0.153. The van der Waals surface area contributed by atoms with Crippen LogP contribution in [0.15, 0.2) is 77.3 Å². The first-order valence-electron chi connectivity index (χ1n) is 14.8. The Balaban J connectivity index is 1.43. The highest BCUT2D eigenvalue weighted by molar-refractivity contribution is 9.10. The number of rotatable bonds is 12. The SMILES string of the molecule is COc1cc(C(CCCO[Si](C)(C)C(C)(C)C)Nc2cccc3cc4c(cc23)OCO4)c(Br)cc1OCc1ccccc1. The molecule has 1 N–H and O–H groups in total. The van der Waals surface area contributed by atoms with Gasteiger partial charge in [-0.3, -0.25) is 0 Å². The average molecular weight is 665 g/mol. The molecule has 228 valence electrons. The van der Waals surface area contributed by atoms with Crippen molar-refractivity contribution in [2.45, 2.75) is 64.4 Å². The van der Waals surface area contributed by atoms with E-state index in [1.807, 2.05) is 30.3 Å². The number of benzene rings is 4. The highest BCUT2D eigenvalue weighted by Crippen LogP contribution is 2.42. The van der Waals surface area contributed by atoms with Gasteiger partial charge < -0.3 is 28.7 Å². The second kappa shape index (κ2) is 13.2. The maximum absolute atomic E-state index is 6.54. The number of anilines is 1. The predicted octanol–water partition coefficient (Wildman–Crippen LogP) is 9.87. The van der Waals surface area contributed by atoms with Crippen LogP contribution in [0.2, 0.25) is 18.1 Å². The summed E-state index contributed by atoms with van der Waals surface area (Å²) in [4.78, 5) is 0. The first-order chi connectivity index (χ1) is 20.6. The highest BCUT2D eigenvalue weighted by Gasteiger charge is 2.37. The molecular weight excluding hydrogens is 622 g/mol. The molecule has 0 aliphatic carbocycles. The molecule has 43 heavy (non-hydrogen) atoms. The van der Waals surface area contributed by atoms with Crippen LogP contribution in [0.25, 0.3) is 10.8 Å². The second-order valence-electron chi connectivity index (χ2n) is 12.5. The largest absolute Gasteiger partial charge is 0.493 e. The normalized spacial score (nSPS) is 13.7. The van der Waals surface area contributed by atoms with Crippen molar-refractivity contribution < 1.29 is 23.4 Å². The fourth-order valence-corrected chi connectivity index (χ4v) is 6.63. The summed E-state index contributed by atoms with van der Waals surface area (Å²) < 4.78 is 30.9. The lowest BCUT2D eigenvalue weighted by Crippen LogP contribution is -2.41. The van der Waals surface area contributed by atoms with E-state index in [0.717, 1.165) is 63.0 Å². The maximum atomic E-state index is 6.54. The summed E-state index contributed by atoms with van der Waals surface area (Å²) in [6.07, 6.45) is 1.77. The van der Waals surface area contributed by atoms with Crippen molar-refractivity contribution in [3.63, 3.8) is 0 Å². The van der Waals surface area contributed by atoms with Crippen LogP contribution >= 0.6 is 15.9 Å². The molecule has 4 aromatic rings. The topological polar surface area (TPSA) is 58.2 Å². The Morgan fingerprint density at radius 2 is 1.67 bits per heavy atom. The number of methoxy groups -OCH3 is 1. The van der Waals surface area contributed by atoms with E-state index in [4.69, 9.17) is 23.4 Å². The van der Waals surface area contributed by atoms with Crippen molar-refractivity contribution >= 4 is 40.7 Å². The van der Waals surface area contributed by atoms with Gasteiger partial charge in [0.1, 0.15) is 6.61 Å². The Hall–Kier alpha value is -3.20. The number of hydrogen-bond donors (Lipinski definition) is 1. The fraction of sp³-hybridized carbons (Fsp3) is 0.371. The van der Waals surface area contributed by atoms with Crippen molar-refractivity contribution in [2.24, 2.45) is 0 Å². The minimum Gasteiger partial charge on any atom is -0.493 e. The lowest BCUT2D eigenvalue weighted by Gasteiger charge is -2.36. The zero-order valence-corrected chi connectivity index (χ0v) is 28.5. The van der Waals surface area contributed by atoms with E-state index < -0.39 is 8.32 Å². The van der Waals surface area contributed by atoms with Gasteiger partial charge >= 0.3 is 0 Å². The van der Waals surface area contributed by atoms with Gasteiger partial charge in [-0.05, 0) is 77.8 Å². The summed E-state index contributed by atoms with van der Waals surface area (Å²) in [5.41, 5.74) is 3.22. The summed E-state index contributed by atoms with van der Waals surface area (Å²) in [5, 5.41) is 6.21. The smallest absolute Gasteiger partial charge is 0.231 e. The van der Waals surface area contributed by atoms with Crippen molar-refractivity contribution in [1.82, 2.24) is 0 Å². The van der Waals surface area contributed by atoms with E-state index in [1.165, 1.54) is 0 Å². The molecule has 0 fully saturated rings. The van der Waals surface area contributed by atoms with Gasteiger partial charge in [-0.2, -0.15) is 0 Å². The van der Waals surface area contributed by atoms with Crippen LogP contribution in [-0.4, -0.2) is 28.8 Å². The number of hydrogen-bond acceptors (Lipinski definition) is 6. The van der Waals surface area contributed by atoms with Crippen LogP contribution in [0.1, 0.15) is 50.8 Å². The van der Waals surface area contributed by atoms with Gasteiger partial charge in [0, 0.05) is 22.2 Å². The molecule has 0 saturated carbocycles. The van der Waals surface area contributed by atoms with Gasteiger partial charge in [0.2, 0.25) is 6.79 Å². The molecule has 0 bridgehead atoms. The predicted molar refractivity (Wildman–Crippen MR) is 180 cm³/mol. The highest BCUT2D eigenvalue weighted by atomic mass is 79.9. The molecule has 1 atom stereocenters. The molecule has 0 radical (unpaired) electrons. The van der Waals surface area contributed by atoms with Crippen LogP contribution in [0.3, 0.4) is 0 Å². The number of fused-ring (bicyclic) bond motifs is 2. The van der Waals surface area contributed by atoms with Gasteiger partial charge in [-0.25, -0.2) is 0 Å². The summed E-state index contributed by atoms with van der Waals surface area (Å²) in [6, 6.07) is 24.6. The van der Waals surface area contributed by atoms with Crippen LogP contribution < -0.4 is 24.3 Å². The molecule has 6 nitrogen and oxygen atoms in total. The molecule has 5 rings (SSSR count). The van der Waals surface area contributed by atoms with Crippen LogP contribution in [0.4, 0.5) is 5.69 Å². The molecule has 0 spiro atoms. The van der Waals surface area contributed by atoms with E-state index in [2.05, 4.69) is 97.6 Å². The number of nitrogens with one attached hydrogen (secondary N) is 1. The second-order valence-corrected chi connectivity index (χ2v) is 18.1. The van der Waals surface area contributed by atoms with Crippen LogP contribution in [-0.2, 0) is 11.0 Å². The molecule has 1 aliphatic heterocycles. The fourth-order valence-electron chi connectivity index (χ4n) is 4.94. The number of ether oxygens (including phenoxy) is 4. The van der Waals surface area contributed by atoms with Gasteiger partial charge in [-0.15, -0.1) is 0 Å². The minimum absolute atomic E-state index is 0.0227. The van der Waals surface area contributed by atoms with Gasteiger partial charge in [0.15, 0.2) is 31.3 Å². The summed E-state index contributed by atoms with van der Waals surface area (Å²) in [6.45, 7) is 12.9. The molecule has 8 heteroatoms. The lowest BCUT2D eigenvalue weighted by atomic mass is 9.99. The van der Waals surface area contributed by atoms with E-state index in [9.17, 15) is 0 Å². The zero-order valence-electron chi connectivity index (χ0n) is 26.0. The quantitative estimate of drug-likeness (QED) is 0.120. The Kier molecular flexibility index (Phi) is 9.59. The first kappa shape index (κ1) is 31.2. The number of halogens is 1. The average Bonchev–Trinajstić information content (AvgIpc) is 3.44. The molecule has 4 aromatic carbocycles. The van der Waals surface area contributed by atoms with Crippen molar-refractivity contribution in [3.05, 3.63) is 88.4 Å². The van der Waals surface area contributed by atoms with Gasteiger partial charge in [0.05, 0.1) is 13.2 Å². The summed E-state index contributed by atoms with van der Waals surface area (Å²) in [5.74, 6) is 2.94. The molecule has 1 heterocycles. The van der Waals surface area contributed by atoms with Crippen LogP contribution in [0.5, 0.6) is 23.0 Å². The molecule has 0 amide bonds. The van der Waals surface area contributed by atoms with E-state index in [-0.39, 0.29) is 17.9 Å². The standard InChI is InChI=1S/C35H42BrNO5Si/c1-35(2,3)43(5,6)42-17-11-16-30(37-29-15-10-14-25-18-32-33(19-26(25)29)41-23-40-32)27-20-31(38-4)34(21-28(27)36)39-22-24-12-8-7-9-13-24/h7-10,12-15,18-21,30,37H,11,16-17,22-23H2,1-6H3. The van der Waals surface area contributed by atoms with Crippen molar-refractivity contribution in [3.8, 4) is 23.0 Å². The third-order valence-electron chi connectivity index (χ3n) is 8.51. The lowest BCUT2D eigenvalue weighted by molar-refractivity contribution is 0.174. The minimum atomic E-state index is -1.84. The van der Waals surface area contributed by atoms with E-state index in [0.29, 0.717) is 18.1 Å². The van der Waals surface area contributed by atoms with E-state index >= 15 is 0 Å². The van der Waals surface area contributed by atoms with Gasteiger partial charge in [0.25, 0.3) is 0 Å². The molecule has 0 saturated heterocycles.